The molecule has 0 fully saturated rings. The third-order valence-electron chi connectivity index (χ3n) is 3.62. The Bertz CT molecular complexity index is 863. The molecule has 0 heterocycles. The number of hydrogen-bond acceptors (Lipinski definition) is 5. The van der Waals surface area contributed by atoms with Crippen molar-refractivity contribution >= 4 is 35.2 Å². The Morgan fingerprint density at radius 3 is 2.56 bits per heavy atom. The molecule has 0 atom stereocenters. The summed E-state index contributed by atoms with van der Waals surface area (Å²) in [5, 5.41) is 3.37. The maximum atomic E-state index is 12.1. The van der Waals surface area contributed by atoms with Gasteiger partial charge in [-0.05, 0) is 54.5 Å². The number of esters is 1. The Balaban J connectivity index is 2.01. The van der Waals surface area contributed by atoms with Crippen LogP contribution >= 0.6 is 11.6 Å². The molecule has 2 aromatic rings. The molecule has 0 bridgehead atoms. The van der Waals surface area contributed by atoms with Crippen LogP contribution < -0.4 is 14.8 Å². The van der Waals surface area contributed by atoms with Crippen molar-refractivity contribution in [3.05, 3.63) is 58.6 Å². The largest absolute Gasteiger partial charge is 0.493 e. The van der Waals surface area contributed by atoms with E-state index in [2.05, 4.69) is 10.1 Å². The predicted molar refractivity (Wildman–Crippen MR) is 104 cm³/mol. The van der Waals surface area contributed by atoms with Gasteiger partial charge in [0, 0.05) is 16.8 Å². The van der Waals surface area contributed by atoms with Crippen LogP contribution in [0.5, 0.6) is 11.5 Å². The monoisotopic (exact) mass is 389 g/mol. The van der Waals surface area contributed by atoms with Gasteiger partial charge in [0.15, 0.2) is 18.1 Å². The third kappa shape index (κ3) is 6.04. The molecule has 0 saturated heterocycles. The van der Waals surface area contributed by atoms with E-state index in [1.54, 1.807) is 42.5 Å². The lowest BCUT2D eigenvalue weighted by Gasteiger charge is -2.12. The van der Waals surface area contributed by atoms with Gasteiger partial charge in [-0.25, -0.2) is 4.79 Å². The summed E-state index contributed by atoms with van der Waals surface area (Å²) in [5.74, 6) is 0.0915. The Kier molecular flexibility index (Phi) is 7.25. The van der Waals surface area contributed by atoms with E-state index in [1.807, 2.05) is 6.92 Å². The Morgan fingerprint density at radius 1 is 1.11 bits per heavy atom. The standard InChI is InChI=1S/C20H20ClNO5/c1-13-10-15(21)6-7-16(13)22-19(23)12-27-17-8-4-14(11-18(17)25-2)5-9-20(24)26-3/h4-11H,12H2,1-3H3,(H,22,23)/b9-5-. The van der Waals surface area contributed by atoms with E-state index in [9.17, 15) is 9.59 Å². The van der Waals surface area contributed by atoms with E-state index in [-0.39, 0.29) is 12.5 Å². The highest BCUT2D eigenvalue weighted by atomic mass is 35.5. The van der Waals surface area contributed by atoms with Gasteiger partial charge in [-0.2, -0.15) is 0 Å². The second kappa shape index (κ2) is 9.64. The highest BCUT2D eigenvalue weighted by Crippen LogP contribution is 2.28. The molecular formula is C20H20ClNO5. The van der Waals surface area contributed by atoms with Crippen LogP contribution in [0.25, 0.3) is 6.08 Å². The number of amides is 1. The number of nitrogens with one attached hydrogen (secondary N) is 1. The van der Waals surface area contributed by atoms with Gasteiger partial charge in [-0.15, -0.1) is 0 Å². The summed E-state index contributed by atoms with van der Waals surface area (Å²) in [4.78, 5) is 23.3. The summed E-state index contributed by atoms with van der Waals surface area (Å²) in [6.07, 6.45) is 2.89. The minimum atomic E-state index is -0.455. The van der Waals surface area contributed by atoms with Crippen LogP contribution in [0.15, 0.2) is 42.5 Å². The number of ether oxygens (including phenoxy) is 3. The van der Waals surface area contributed by atoms with Crippen molar-refractivity contribution in [2.75, 3.05) is 26.1 Å². The lowest BCUT2D eigenvalue weighted by atomic mass is 10.2. The van der Waals surface area contributed by atoms with Crippen molar-refractivity contribution < 1.29 is 23.8 Å². The van der Waals surface area contributed by atoms with E-state index in [0.29, 0.717) is 22.2 Å². The van der Waals surface area contributed by atoms with Crippen LogP contribution in [0.2, 0.25) is 5.02 Å². The van der Waals surface area contributed by atoms with Gasteiger partial charge < -0.3 is 19.5 Å². The lowest BCUT2D eigenvalue weighted by Crippen LogP contribution is -2.20. The van der Waals surface area contributed by atoms with Crippen LogP contribution in [0.3, 0.4) is 0 Å². The third-order valence-corrected chi connectivity index (χ3v) is 3.86. The van der Waals surface area contributed by atoms with Crippen molar-refractivity contribution in [2.24, 2.45) is 0 Å². The molecule has 0 aliphatic heterocycles. The van der Waals surface area contributed by atoms with E-state index in [0.717, 1.165) is 11.1 Å². The SMILES string of the molecule is COC(=O)/C=C\c1ccc(OCC(=O)Nc2ccc(Cl)cc2C)c(OC)c1. The second-order valence-electron chi connectivity index (χ2n) is 5.56. The first-order valence-electron chi connectivity index (χ1n) is 8.06. The van der Waals surface area contributed by atoms with Gasteiger partial charge >= 0.3 is 5.97 Å². The summed E-state index contributed by atoms with van der Waals surface area (Å²) < 4.78 is 15.4. The first-order chi connectivity index (χ1) is 12.9. The van der Waals surface area contributed by atoms with Gasteiger partial charge in [0.25, 0.3) is 5.91 Å². The Hall–Kier alpha value is -2.99. The molecule has 0 aromatic heterocycles. The highest BCUT2D eigenvalue weighted by molar-refractivity contribution is 6.30. The zero-order valence-electron chi connectivity index (χ0n) is 15.2. The molecule has 0 radical (unpaired) electrons. The van der Waals surface area contributed by atoms with Gasteiger partial charge in [0.05, 0.1) is 14.2 Å². The number of rotatable bonds is 7. The number of hydrogen-bond donors (Lipinski definition) is 1. The first kappa shape index (κ1) is 20.3. The number of benzene rings is 2. The minimum absolute atomic E-state index is 0.185. The van der Waals surface area contributed by atoms with Crippen LogP contribution in [0.4, 0.5) is 5.69 Å². The van der Waals surface area contributed by atoms with Crippen LogP contribution in [0.1, 0.15) is 11.1 Å². The molecule has 0 aliphatic rings. The average Bonchev–Trinajstić information content (AvgIpc) is 2.66. The molecule has 27 heavy (non-hydrogen) atoms. The molecule has 0 unspecified atom stereocenters. The van der Waals surface area contributed by atoms with Gasteiger partial charge in [0.2, 0.25) is 0 Å². The molecule has 2 aromatic carbocycles. The first-order valence-corrected chi connectivity index (χ1v) is 8.43. The van der Waals surface area contributed by atoms with E-state index >= 15 is 0 Å². The summed E-state index contributed by atoms with van der Waals surface area (Å²) in [7, 11) is 2.80. The predicted octanol–water partition coefficient (Wildman–Crippen LogP) is 3.86. The fourth-order valence-electron chi connectivity index (χ4n) is 2.24. The molecule has 0 aliphatic carbocycles. The maximum absolute atomic E-state index is 12.1. The number of halogens is 1. The summed E-state index contributed by atoms with van der Waals surface area (Å²) in [6, 6.07) is 10.3. The van der Waals surface area contributed by atoms with Crippen molar-refractivity contribution in [1.82, 2.24) is 0 Å². The number of carbonyl (C=O) groups is 2. The average molecular weight is 390 g/mol. The molecule has 6 nitrogen and oxygen atoms in total. The Labute approximate surface area is 162 Å². The summed E-state index contributed by atoms with van der Waals surface area (Å²) in [6.45, 7) is 1.67. The minimum Gasteiger partial charge on any atom is -0.493 e. The smallest absolute Gasteiger partial charge is 0.330 e. The second-order valence-corrected chi connectivity index (χ2v) is 6.00. The number of aryl methyl sites for hydroxylation is 1. The molecule has 142 valence electrons. The molecule has 1 N–H and O–H groups in total. The maximum Gasteiger partial charge on any atom is 0.330 e. The highest BCUT2D eigenvalue weighted by Gasteiger charge is 2.10. The van der Waals surface area contributed by atoms with Crippen molar-refractivity contribution in [1.29, 1.82) is 0 Å². The van der Waals surface area contributed by atoms with Crippen molar-refractivity contribution in [3.8, 4) is 11.5 Å². The summed E-state index contributed by atoms with van der Waals surface area (Å²) >= 11 is 5.91. The van der Waals surface area contributed by atoms with Crippen LogP contribution in [0, 0.1) is 6.92 Å². The molecule has 1 amide bonds. The zero-order valence-corrected chi connectivity index (χ0v) is 16.0. The molecule has 2 rings (SSSR count). The molecule has 0 spiro atoms. The van der Waals surface area contributed by atoms with Gasteiger partial charge in [-0.3, -0.25) is 4.79 Å². The molecule has 0 saturated carbocycles. The van der Waals surface area contributed by atoms with Crippen molar-refractivity contribution in [3.63, 3.8) is 0 Å². The number of methoxy groups -OCH3 is 2. The fraction of sp³-hybridized carbons (Fsp3) is 0.200. The lowest BCUT2D eigenvalue weighted by molar-refractivity contribution is -0.134. The van der Waals surface area contributed by atoms with Crippen LogP contribution in [-0.2, 0) is 14.3 Å². The summed E-state index contributed by atoms with van der Waals surface area (Å²) in [5.41, 5.74) is 2.25. The van der Waals surface area contributed by atoms with Crippen molar-refractivity contribution in [2.45, 2.75) is 6.92 Å². The zero-order chi connectivity index (χ0) is 19.8. The normalized spacial score (nSPS) is 10.5. The van der Waals surface area contributed by atoms with E-state index < -0.39 is 5.97 Å². The fourth-order valence-corrected chi connectivity index (χ4v) is 2.46. The topological polar surface area (TPSA) is 73.9 Å². The Morgan fingerprint density at radius 2 is 1.89 bits per heavy atom. The van der Waals surface area contributed by atoms with Crippen LogP contribution in [-0.4, -0.2) is 32.7 Å². The van der Waals surface area contributed by atoms with E-state index in [1.165, 1.54) is 20.3 Å². The number of carbonyl (C=O) groups excluding carboxylic acids is 2. The van der Waals surface area contributed by atoms with E-state index in [4.69, 9.17) is 21.1 Å². The van der Waals surface area contributed by atoms with Gasteiger partial charge in [0.1, 0.15) is 0 Å². The van der Waals surface area contributed by atoms with Gasteiger partial charge in [-0.1, -0.05) is 17.7 Å². The quantitative estimate of drug-likeness (QED) is 0.575. The molecule has 7 heteroatoms. The number of anilines is 1. The molecular weight excluding hydrogens is 370 g/mol.